The summed E-state index contributed by atoms with van der Waals surface area (Å²) >= 11 is 7.70. The molecule has 0 fully saturated rings. The standard InChI is InChI=1S/C24H18Br2O2/c1-13(27)28-24-20(26)12-19(25)22-18-11-10-14-6-2-3-7-15(14)21(18)16-8-4-5-9-17(16)23(22)24/h2-11,19-20,24H,12H2,1H3/t19?,20-,24+/m1/s1. The minimum atomic E-state index is -0.304. The number of carbonyl (C=O) groups is 1. The lowest BCUT2D eigenvalue weighted by Gasteiger charge is -2.35. The van der Waals surface area contributed by atoms with Gasteiger partial charge >= 0.3 is 5.97 Å². The number of fused-ring (bicyclic) bond motifs is 8. The van der Waals surface area contributed by atoms with Gasteiger partial charge in [0, 0.05) is 17.3 Å². The quantitative estimate of drug-likeness (QED) is 0.156. The van der Waals surface area contributed by atoms with Crippen molar-refractivity contribution in [2.75, 3.05) is 0 Å². The third-order valence-corrected chi connectivity index (χ3v) is 7.33. The number of hydrogen-bond acceptors (Lipinski definition) is 2. The molecule has 0 heterocycles. The molecule has 0 aromatic heterocycles. The highest BCUT2D eigenvalue weighted by molar-refractivity contribution is 9.10. The lowest BCUT2D eigenvalue weighted by atomic mass is 9.80. The molecule has 2 nitrogen and oxygen atoms in total. The van der Waals surface area contributed by atoms with Crippen LogP contribution in [0.3, 0.4) is 0 Å². The molecule has 28 heavy (non-hydrogen) atoms. The second-order valence-corrected chi connectivity index (χ2v) is 9.61. The maximum atomic E-state index is 11.9. The smallest absolute Gasteiger partial charge is 0.303 e. The van der Waals surface area contributed by atoms with E-state index in [1.165, 1.54) is 39.4 Å². The number of benzene rings is 4. The first-order valence-electron chi connectivity index (χ1n) is 9.37. The molecular formula is C24H18Br2O2. The van der Waals surface area contributed by atoms with Crippen molar-refractivity contribution in [1.29, 1.82) is 0 Å². The third-order valence-electron chi connectivity index (χ3n) is 5.65. The van der Waals surface area contributed by atoms with Gasteiger partial charge in [0.05, 0.1) is 4.83 Å². The Balaban J connectivity index is 2.00. The van der Waals surface area contributed by atoms with Gasteiger partial charge in [0.15, 0.2) is 0 Å². The highest BCUT2D eigenvalue weighted by Crippen LogP contribution is 2.52. The Hall–Kier alpha value is -1.91. The molecule has 0 aliphatic heterocycles. The van der Waals surface area contributed by atoms with Gasteiger partial charge in [-0.05, 0) is 44.3 Å². The van der Waals surface area contributed by atoms with Gasteiger partial charge in [-0.15, -0.1) is 0 Å². The molecule has 1 aliphatic rings. The van der Waals surface area contributed by atoms with Crippen LogP contribution in [-0.2, 0) is 9.53 Å². The SMILES string of the molecule is CC(=O)O[C@@H]1c2c(c3ccc4ccccc4c3c3ccccc23)C(Br)C[C@H]1Br. The van der Waals surface area contributed by atoms with E-state index < -0.39 is 0 Å². The molecule has 4 aromatic rings. The molecule has 4 heteroatoms. The summed E-state index contributed by atoms with van der Waals surface area (Å²) in [7, 11) is 0. The van der Waals surface area contributed by atoms with Crippen molar-refractivity contribution in [3.8, 4) is 0 Å². The molecule has 4 aromatic carbocycles. The molecule has 1 aliphatic carbocycles. The number of alkyl halides is 2. The zero-order valence-electron chi connectivity index (χ0n) is 15.3. The summed E-state index contributed by atoms with van der Waals surface area (Å²) in [6.07, 6.45) is 0.549. The summed E-state index contributed by atoms with van der Waals surface area (Å²) in [5, 5.41) is 7.34. The molecule has 1 unspecified atom stereocenters. The number of ether oxygens (including phenoxy) is 1. The summed E-state index contributed by atoms with van der Waals surface area (Å²) in [4.78, 5) is 12.1. The predicted molar refractivity (Wildman–Crippen MR) is 122 cm³/mol. The number of carbonyl (C=O) groups excluding carboxylic acids is 1. The molecule has 0 saturated carbocycles. The van der Waals surface area contributed by atoms with E-state index in [0.717, 1.165) is 17.4 Å². The molecule has 0 bridgehead atoms. The predicted octanol–water partition coefficient (Wildman–Crippen LogP) is 7.35. The van der Waals surface area contributed by atoms with E-state index in [1.54, 1.807) is 0 Å². The van der Waals surface area contributed by atoms with Crippen LogP contribution >= 0.6 is 31.9 Å². The Morgan fingerprint density at radius 1 is 0.857 bits per heavy atom. The van der Waals surface area contributed by atoms with Crippen LogP contribution in [0.15, 0.2) is 60.7 Å². The average molecular weight is 498 g/mol. The fourth-order valence-electron chi connectivity index (χ4n) is 4.59. The second-order valence-electron chi connectivity index (χ2n) is 7.33. The minimum Gasteiger partial charge on any atom is -0.456 e. The lowest BCUT2D eigenvalue weighted by Crippen LogP contribution is -2.26. The van der Waals surface area contributed by atoms with Gasteiger partial charge in [0.25, 0.3) is 0 Å². The first-order valence-corrected chi connectivity index (χ1v) is 11.2. The van der Waals surface area contributed by atoms with Crippen LogP contribution in [0.4, 0.5) is 0 Å². The lowest BCUT2D eigenvalue weighted by molar-refractivity contribution is -0.146. The molecule has 0 spiro atoms. The summed E-state index contributed by atoms with van der Waals surface area (Å²) in [6.45, 7) is 1.48. The fraction of sp³-hybridized carbons (Fsp3) is 0.208. The number of halogens is 2. The summed E-state index contributed by atoms with van der Waals surface area (Å²) < 4.78 is 5.82. The fourth-order valence-corrected chi connectivity index (χ4v) is 6.73. The van der Waals surface area contributed by atoms with Gasteiger partial charge in [-0.2, -0.15) is 0 Å². The van der Waals surface area contributed by atoms with Crippen molar-refractivity contribution < 1.29 is 9.53 Å². The normalized spacial score (nSPS) is 21.8. The zero-order valence-corrected chi connectivity index (χ0v) is 18.5. The van der Waals surface area contributed by atoms with Crippen molar-refractivity contribution >= 4 is 70.1 Å². The molecule has 3 atom stereocenters. The molecule has 5 rings (SSSR count). The third kappa shape index (κ3) is 2.69. The van der Waals surface area contributed by atoms with E-state index in [2.05, 4.69) is 92.5 Å². The Morgan fingerprint density at radius 3 is 2.29 bits per heavy atom. The maximum absolute atomic E-state index is 11.9. The first-order chi connectivity index (χ1) is 13.6. The molecule has 0 amide bonds. The topological polar surface area (TPSA) is 26.3 Å². The Kier molecular flexibility index (Phi) is 4.44. The van der Waals surface area contributed by atoms with Gasteiger partial charge in [0.1, 0.15) is 6.10 Å². The number of esters is 1. The van der Waals surface area contributed by atoms with E-state index in [4.69, 9.17) is 4.74 Å². The highest BCUT2D eigenvalue weighted by Gasteiger charge is 2.37. The monoisotopic (exact) mass is 496 g/mol. The first kappa shape index (κ1) is 18.1. The number of rotatable bonds is 1. The molecule has 0 saturated heterocycles. The Bertz CT molecular complexity index is 1250. The second kappa shape index (κ2) is 6.85. The van der Waals surface area contributed by atoms with Gasteiger partial charge < -0.3 is 4.74 Å². The summed E-state index contributed by atoms with van der Waals surface area (Å²) in [5.74, 6) is -0.254. The van der Waals surface area contributed by atoms with Crippen molar-refractivity contribution in [3.63, 3.8) is 0 Å². The van der Waals surface area contributed by atoms with E-state index in [0.29, 0.717) is 0 Å². The van der Waals surface area contributed by atoms with Crippen LogP contribution < -0.4 is 0 Å². The van der Waals surface area contributed by atoms with Crippen molar-refractivity contribution in [2.45, 2.75) is 29.1 Å². The molecule has 0 N–H and O–H groups in total. The van der Waals surface area contributed by atoms with Crippen LogP contribution in [0.1, 0.15) is 35.4 Å². The molecular weight excluding hydrogens is 480 g/mol. The highest BCUT2D eigenvalue weighted by atomic mass is 79.9. The minimum absolute atomic E-state index is 0.0644. The zero-order chi connectivity index (χ0) is 19.4. The Labute approximate surface area is 180 Å². The Morgan fingerprint density at radius 2 is 1.54 bits per heavy atom. The van der Waals surface area contributed by atoms with E-state index in [1.807, 2.05) is 0 Å². The van der Waals surface area contributed by atoms with Crippen molar-refractivity contribution in [1.82, 2.24) is 0 Å². The average Bonchev–Trinajstić information content (AvgIpc) is 2.69. The van der Waals surface area contributed by atoms with Crippen molar-refractivity contribution in [3.05, 3.63) is 71.8 Å². The number of hydrogen-bond donors (Lipinski definition) is 0. The summed E-state index contributed by atoms with van der Waals surface area (Å²) in [5.41, 5.74) is 2.35. The van der Waals surface area contributed by atoms with E-state index in [-0.39, 0.29) is 21.7 Å². The van der Waals surface area contributed by atoms with Crippen LogP contribution in [0, 0.1) is 0 Å². The summed E-state index contributed by atoms with van der Waals surface area (Å²) in [6, 6.07) is 21.4. The van der Waals surface area contributed by atoms with E-state index >= 15 is 0 Å². The molecule has 0 radical (unpaired) electrons. The molecule has 140 valence electrons. The van der Waals surface area contributed by atoms with Gasteiger partial charge in [-0.3, -0.25) is 4.79 Å². The van der Waals surface area contributed by atoms with Gasteiger partial charge in [-0.25, -0.2) is 0 Å². The van der Waals surface area contributed by atoms with Crippen LogP contribution in [0.2, 0.25) is 0 Å². The van der Waals surface area contributed by atoms with Gasteiger partial charge in [0.2, 0.25) is 0 Å². The van der Waals surface area contributed by atoms with Crippen LogP contribution in [-0.4, -0.2) is 10.8 Å². The van der Waals surface area contributed by atoms with Crippen LogP contribution in [0.25, 0.3) is 32.3 Å². The van der Waals surface area contributed by atoms with Gasteiger partial charge in [-0.1, -0.05) is 92.5 Å². The largest absolute Gasteiger partial charge is 0.456 e. The van der Waals surface area contributed by atoms with Crippen LogP contribution in [0.5, 0.6) is 0 Å². The van der Waals surface area contributed by atoms with Crippen molar-refractivity contribution in [2.24, 2.45) is 0 Å². The van der Waals surface area contributed by atoms with E-state index in [9.17, 15) is 4.79 Å². The maximum Gasteiger partial charge on any atom is 0.303 e.